The molecule has 0 aliphatic heterocycles. The maximum Gasteiger partial charge on any atom is 0.253 e. The minimum Gasteiger partial charge on any atom is -0.386 e. The molecule has 1 aromatic rings. The Balaban J connectivity index is 2.69. The Bertz CT molecular complexity index is 392. The molecule has 0 aliphatic rings. The molecule has 0 unspecified atom stereocenters. The van der Waals surface area contributed by atoms with E-state index >= 15 is 0 Å². The summed E-state index contributed by atoms with van der Waals surface area (Å²) in [6.45, 7) is -0.0409. The zero-order valence-corrected chi connectivity index (χ0v) is 9.20. The molecule has 16 heavy (non-hydrogen) atoms. The Hall–Kier alpha value is -2.11. The van der Waals surface area contributed by atoms with Crippen LogP contribution in [-0.4, -0.2) is 37.4 Å². The predicted octanol–water partition coefficient (Wildman–Crippen LogP) is -0.401. The fourth-order valence-electron chi connectivity index (χ4n) is 1.14. The summed E-state index contributed by atoms with van der Waals surface area (Å²) in [4.78, 5) is 26.5. The molecular weight excluding hydrogens is 208 g/mol. The second-order valence-corrected chi connectivity index (χ2v) is 3.03. The zero-order chi connectivity index (χ0) is 12.0. The molecule has 0 spiro atoms. The lowest BCUT2D eigenvalue weighted by atomic mass is 10.2. The maximum atomic E-state index is 11.7. The number of carbonyl (C=O) groups excluding carboxylic acids is 2. The molecule has 2 amide bonds. The summed E-state index contributed by atoms with van der Waals surface area (Å²) in [6.07, 6.45) is 3.07. The summed E-state index contributed by atoms with van der Waals surface area (Å²) in [6, 6.07) is 1.59. The fraction of sp³-hybridized carbons (Fsp3) is 0.300. The third-order valence-corrected chi connectivity index (χ3v) is 2.02. The van der Waals surface area contributed by atoms with Crippen LogP contribution >= 0.6 is 0 Å². The van der Waals surface area contributed by atoms with E-state index in [1.807, 2.05) is 0 Å². The van der Waals surface area contributed by atoms with Crippen molar-refractivity contribution in [1.82, 2.24) is 15.6 Å². The number of likely N-dealkylation sites (N-methyl/N-ethyl adjacent to an activating group) is 1. The van der Waals surface area contributed by atoms with Crippen molar-refractivity contribution in [3.8, 4) is 0 Å². The van der Waals surface area contributed by atoms with Crippen LogP contribution in [0, 0.1) is 0 Å². The van der Waals surface area contributed by atoms with Crippen molar-refractivity contribution < 1.29 is 9.59 Å². The van der Waals surface area contributed by atoms with Crippen LogP contribution < -0.4 is 16.0 Å². The number of hydrogen-bond donors (Lipinski definition) is 3. The average Bonchev–Trinajstić information content (AvgIpc) is 2.35. The molecule has 6 heteroatoms. The molecule has 0 bridgehead atoms. The lowest BCUT2D eigenvalue weighted by Gasteiger charge is -2.08. The van der Waals surface area contributed by atoms with Gasteiger partial charge in [0.05, 0.1) is 24.0 Å². The van der Waals surface area contributed by atoms with Crippen molar-refractivity contribution >= 4 is 17.5 Å². The Kier molecular flexibility index (Phi) is 4.26. The molecule has 0 saturated heterocycles. The van der Waals surface area contributed by atoms with Gasteiger partial charge in [0, 0.05) is 20.3 Å². The molecule has 0 atom stereocenters. The van der Waals surface area contributed by atoms with Crippen molar-refractivity contribution in [2.24, 2.45) is 0 Å². The van der Waals surface area contributed by atoms with E-state index in [9.17, 15) is 9.59 Å². The van der Waals surface area contributed by atoms with Crippen molar-refractivity contribution in [3.05, 3.63) is 24.0 Å². The summed E-state index contributed by atoms with van der Waals surface area (Å²) < 4.78 is 0. The van der Waals surface area contributed by atoms with E-state index in [0.717, 1.165) is 0 Å². The van der Waals surface area contributed by atoms with Crippen LogP contribution in [0.15, 0.2) is 18.5 Å². The highest BCUT2D eigenvalue weighted by molar-refractivity contribution is 6.00. The second kappa shape index (κ2) is 5.69. The number of anilines is 1. The Morgan fingerprint density at radius 2 is 2.12 bits per heavy atom. The smallest absolute Gasteiger partial charge is 0.253 e. The molecule has 0 radical (unpaired) electrons. The number of amides is 2. The number of nitrogens with one attached hydrogen (secondary N) is 3. The summed E-state index contributed by atoms with van der Waals surface area (Å²) in [5.41, 5.74) is 1.08. The third kappa shape index (κ3) is 2.94. The van der Waals surface area contributed by atoms with Crippen LogP contribution in [0.1, 0.15) is 10.4 Å². The first kappa shape index (κ1) is 12.0. The Labute approximate surface area is 93.4 Å². The molecule has 1 heterocycles. The quantitative estimate of drug-likeness (QED) is 0.647. The van der Waals surface area contributed by atoms with E-state index in [2.05, 4.69) is 20.9 Å². The lowest BCUT2D eigenvalue weighted by molar-refractivity contribution is -0.119. The minimum absolute atomic E-state index is 0.0409. The van der Waals surface area contributed by atoms with Gasteiger partial charge in [-0.15, -0.1) is 0 Å². The first-order valence-electron chi connectivity index (χ1n) is 4.79. The first-order chi connectivity index (χ1) is 7.69. The van der Waals surface area contributed by atoms with E-state index in [-0.39, 0.29) is 18.4 Å². The van der Waals surface area contributed by atoms with Crippen LogP contribution in [0.4, 0.5) is 5.69 Å². The number of pyridine rings is 1. The summed E-state index contributed by atoms with van der Waals surface area (Å²) in [5, 5.41) is 7.78. The maximum absolute atomic E-state index is 11.7. The van der Waals surface area contributed by atoms with Crippen LogP contribution in [0.2, 0.25) is 0 Å². The molecule has 0 aliphatic carbocycles. The molecule has 0 fully saturated rings. The van der Waals surface area contributed by atoms with E-state index in [0.29, 0.717) is 11.3 Å². The van der Waals surface area contributed by atoms with E-state index in [1.54, 1.807) is 19.3 Å². The number of aromatic nitrogens is 1. The molecule has 1 rings (SSSR count). The second-order valence-electron chi connectivity index (χ2n) is 3.03. The van der Waals surface area contributed by atoms with Crippen molar-refractivity contribution in [3.63, 3.8) is 0 Å². The highest BCUT2D eigenvalue weighted by atomic mass is 16.2. The van der Waals surface area contributed by atoms with E-state index in [4.69, 9.17) is 0 Å². The Morgan fingerprint density at radius 3 is 2.75 bits per heavy atom. The standard InChI is InChI=1S/C10H14N4O2/c1-11-8-5-13-4-3-7(8)10(16)14-6-9(15)12-2/h3-5,11H,6H2,1-2H3,(H,12,15)(H,14,16). The van der Waals surface area contributed by atoms with Crippen LogP contribution in [-0.2, 0) is 4.79 Å². The SMILES string of the molecule is CNC(=O)CNC(=O)c1ccncc1NC. The zero-order valence-electron chi connectivity index (χ0n) is 9.20. The van der Waals surface area contributed by atoms with Gasteiger partial charge in [0.15, 0.2) is 0 Å². The number of hydrogen-bond acceptors (Lipinski definition) is 4. The third-order valence-electron chi connectivity index (χ3n) is 2.02. The first-order valence-corrected chi connectivity index (χ1v) is 4.79. The molecule has 1 aromatic heterocycles. The van der Waals surface area contributed by atoms with Crippen LogP contribution in [0.25, 0.3) is 0 Å². The van der Waals surface area contributed by atoms with Gasteiger partial charge in [-0.3, -0.25) is 14.6 Å². The molecule has 0 saturated carbocycles. The van der Waals surface area contributed by atoms with Gasteiger partial charge >= 0.3 is 0 Å². The number of nitrogens with zero attached hydrogens (tertiary/aromatic N) is 1. The fourth-order valence-corrected chi connectivity index (χ4v) is 1.14. The molecule has 6 nitrogen and oxygen atoms in total. The van der Waals surface area contributed by atoms with Gasteiger partial charge in [-0.2, -0.15) is 0 Å². The largest absolute Gasteiger partial charge is 0.386 e. The van der Waals surface area contributed by atoms with Gasteiger partial charge in [0.2, 0.25) is 5.91 Å². The topological polar surface area (TPSA) is 83.1 Å². The van der Waals surface area contributed by atoms with Gasteiger partial charge in [0.25, 0.3) is 5.91 Å². The number of rotatable bonds is 4. The van der Waals surface area contributed by atoms with Gasteiger partial charge in [-0.05, 0) is 6.07 Å². The molecule has 0 aromatic carbocycles. The minimum atomic E-state index is -0.310. The van der Waals surface area contributed by atoms with Crippen molar-refractivity contribution in [2.45, 2.75) is 0 Å². The van der Waals surface area contributed by atoms with Gasteiger partial charge in [-0.1, -0.05) is 0 Å². The van der Waals surface area contributed by atoms with E-state index in [1.165, 1.54) is 13.2 Å². The van der Waals surface area contributed by atoms with Crippen LogP contribution in [0.5, 0.6) is 0 Å². The van der Waals surface area contributed by atoms with Gasteiger partial charge in [-0.25, -0.2) is 0 Å². The number of carbonyl (C=O) groups is 2. The van der Waals surface area contributed by atoms with Gasteiger partial charge in [0.1, 0.15) is 0 Å². The highest BCUT2D eigenvalue weighted by Crippen LogP contribution is 2.11. The predicted molar refractivity (Wildman–Crippen MR) is 60.2 cm³/mol. The van der Waals surface area contributed by atoms with Crippen LogP contribution in [0.3, 0.4) is 0 Å². The highest BCUT2D eigenvalue weighted by Gasteiger charge is 2.10. The van der Waals surface area contributed by atoms with Crippen molar-refractivity contribution in [1.29, 1.82) is 0 Å². The van der Waals surface area contributed by atoms with E-state index < -0.39 is 0 Å². The van der Waals surface area contributed by atoms with Gasteiger partial charge < -0.3 is 16.0 Å². The summed E-state index contributed by atoms with van der Waals surface area (Å²) in [7, 11) is 3.21. The van der Waals surface area contributed by atoms with Crippen molar-refractivity contribution in [2.75, 3.05) is 26.0 Å². The Morgan fingerprint density at radius 1 is 1.38 bits per heavy atom. The molecule has 86 valence electrons. The lowest BCUT2D eigenvalue weighted by Crippen LogP contribution is -2.35. The monoisotopic (exact) mass is 222 g/mol. The average molecular weight is 222 g/mol. The molecule has 3 N–H and O–H groups in total. The normalized spacial score (nSPS) is 9.38. The summed E-state index contributed by atoms with van der Waals surface area (Å²) >= 11 is 0. The summed E-state index contributed by atoms with van der Waals surface area (Å²) in [5.74, 6) is -0.552. The molecular formula is C10H14N4O2.